The lowest BCUT2D eigenvalue weighted by atomic mass is 10.0. The zero-order valence-electron chi connectivity index (χ0n) is 12.2. The Hall–Kier alpha value is -0.810. The Morgan fingerprint density at radius 2 is 2.06 bits per heavy atom. The molecule has 1 N–H and O–H groups in total. The van der Waals surface area contributed by atoms with E-state index < -0.39 is 17.3 Å². The average Bonchev–Trinajstić information content (AvgIpc) is 2.12. The molecule has 1 fully saturated rings. The van der Waals surface area contributed by atoms with Crippen molar-refractivity contribution in [2.24, 2.45) is 0 Å². The standard InChI is InChI=1S/C13H25NO4/c1-9(15)10-7-14(8-13(5,6)17-10)11(16)18-12(2,3)4/h9-10,15H,7-8H2,1-6H3/t9-,10-/m0/s1. The number of hydrogen-bond donors (Lipinski definition) is 1. The minimum absolute atomic E-state index is 0.357. The van der Waals surface area contributed by atoms with Crippen LogP contribution in [-0.4, -0.2) is 52.6 Å². The van der Waals surface area contributed by atoms with Crippen LogP contribution in [0.4, 0.5) is 4.79 Å². The summed E-state index contributed by atoms with van der Waals surface area (Å²) < 4.78 is 11.1. The predicted molar refractivity (Wildman–Crippen MR) is 68.4 cm³/mol. The van der Waals surface area contributed by atoms with Crippen molar-refractivity contribution in [3.63, 3.8) is 0 Å². The van der Waals surface area contributed by atoms with Gasteiger partial charge in [-0.15, -0.1) is 0 Å². The molecule has 0 bridgehead atoms. The molecule has 0 aromatic rings. The van der Waals surface area contributed by atoms with Gasteiger partial charge in [0, 0.05) is 0 Å². The van der Waals surface area contributed by atoms with Crippen molar-refractivity contribution in [1.29, 1.82) is 0 Å². The van der Waals surface area contributed by atoms with Crippen molar-refractivity contribution in [3.05, 3.63) is 0 Å². The maximum atomic E-state index is 12.0. The maximum absolute atomic E-state index is 12.0. The highest BCUT2D eigenvalue weighted by Crippen LogP contribution is 2.24. The van der Waals surface area contributed by atoms with Crippen LogP contribution in [0.5, 0.6) is 0 Å². The largest absolute Gasteiger partial charge is 0.444 e. The zero-order chi connectivity index (χ0) is 14.1. The number of carbonyl (C=O) groups excluding carboxylic acids is 1. The van der Waals surface area contributed by atoms with Crippen LogP contribution < -0.4 is 0 Å². The Labute approximate surface area is 109 Å². The number of rotatable bonds is 1. The molecule has 1 heterocycles. The Morgan fingerprint density at radius 3 is 2.50 bits per heavy atom. The van der Waals surface area contributed by atoms with Crippen molar-refractivity contribution in [1.82, 2.24) is 4.90 Å². The summed E-state index contributed by atoms with van der Waals surface area (Å²) in [5, 5.41) is 9.64. The van der Waals surface area contributed by atoms with E-state index in [0.717, 1.165) is 0 Å². The molecule has 1 aliphatic heterocycles. The van der Waals surface area contributed by atoms with Crippen molar-refractivity contribution in [3.8, 4) is 0 Å². The Balaban J connectivity index is 2.73. The fraction of sp³-hybridized carbons (Fsp3) is 0.923. The zero-order valence-corrected chi connectivity index (χ0v) is 12.2. The Bertz CT molecular complexity index is 307. The number of hydrogen-bond acceptors (Lipinski definition) is 4. The van der Waals surface area contributed by atoms with Crippen LogP contribution in [-0.2, 0) is 9.47 Å². The van der Waals surface area contributed by atoms with Gasteiger partial charge in [-0.2, -0.15) is 0 Å². The van der Waals surface area contributed by atoms with Crippen LogP contribution in [0, 0.1) is 0 Å². The third-order valence-corrected chi connectivity index (χ3v) is 2.63. The van der Waals surface area contributed by atoms with Crippen molar-refractivity contribution < 1.29 is 19.4 Å². The lowest BCUT2D eigenvalue weighted by molar-refractivity contribution is -0.163. The molecular weight excluding hydrogens is 234 g/mol. The van der Waals surface area contributed by atoms with Crippen molar-refractivity contribution in [2.75, 3.05) is 13.1 Å². The van der Waals surface area contributed by atoms with Gasteiger partial charge in [-0.25, -0.2) is 4.79 Å². The summed E-state index contributed by atoms with van der Waals surface area (Å²) in [5.41, 5.74) is -0.989. The van der Waals surface area contributed by atoms with Gasteiger partial charge in [0.1, 0.15) is 11.7 Å². The van der Waals surface area contributed by atoms with Gasteiger partial charge in [0.15, 0.2) is 0 Å². The molecule has 0 unspecified atom stereocenters. The first-order valence-corrected chi connectivity index (χ1v) is 6.34. The van der Waals surface area contributed by atoms with Crippen LogP contribution in [0.1, 0.15) is 41.5 Å². The first-order valence-electron chi connectivity index (χ1n) is 6.34. The number of aliphatic hydroxyl groups is 1. The third kappa shape index (κ3) is 4.46. The van der Waals surface area contributed by atoms with E-state index in [-0.39, 0.29) is 12.2 Å². The highest BCUT2D eigenvalue weighted by molar-refractivity contribution is 5.68. The number of ether oxygens (including phenoxy) is 2. The van der Waals surface area contributed by atoms with E-state index in [9.17, 15) is 9.90 Å². The van der Waals surface area contributed by atoms with E-state index in [1.54, 1.807) is 11.8 Å². The SMILES string of the molecule is C[C@H](O)[C@@H]1CN(C(=O)OC(C)(C)C)CC(C)(C)O1. The summed E-state index contributed by atoms with van der Waals surface area (Å²) in [6, 6.07) is 0. The second kappa shape index (κ2) is 5.05. The highest BCUT2D eigenvalue weighted by atomic mass is 16.6. The molecule has 0 aliphatic carbocycles. The molecule has 5 nitrogen and oxygen atoms in total. The number of carbonyl (C=O) groups is 1. The summed E-state index contributed by atoms with van der Waals surface area (Å²) in [6.07, 6.45) is -1.35. The lowest BCUT2D eigenvalue weighted by Gasteiger charge is -2.43. The van der Waals surface area contributed by atoms with Crippen LogP contribution in [0.15, 0.2) is 0 Å². The molecule has 0 saturated carbocycles. The number of aliphatic hydroxyl groups excluding tert-OH is 1. The van der Waals surface area contributed by atoms with Crippen molar-refractivity contribution >= 4 is 6.09 Å². The summed E-state index contributed by atoms with van der Waals surface area (Å²) in [6.45, 7) is 11.8. The number of morpholine rings is 1. The molecule has 1 amide bonds. The van der Waals surface area contributed by atoms with Crippen LogP contribution in [0.3, 0.4) is 0 Å². The molecule has 18 heavy (non-hydrogen) atoms. The summed E-state index contributed by atoms with van der Waals surface area (Å²) in [7, 11) is 0. The molecule has 1 aliphatic rings. The van der Waals surface area contributed by atoms with Gasteiger partial charge in [-0.05, 0) is 41.5 Å². The summed E-state index contributed by atoms with van der Waals surface area (Å²) >= 11 is 0. The molecule has 2 atom stereocenters. The van der Waals surface area contributed by atoms with E-state index in [1.165, 1.54) is 0 Å². The van der Waals surface area contributed by atoms with Crippen LogP contribution in [0.2, 0.25) is 0 Å². The van der Waals surface area contributed by atoms with Gasteiger partial charge in [0.25, 0.3) is 0 Å². The molecular formula is C13H25NO4. The minimum Gasteiger partial charge on any atom is -0.444 e. The second-order valence-electron chi connectivity index (χ2n) is 6.52. The van der Waals surface area contributed by atoms with E-state index in [0.29, 0.717) is 13.1 Å². The summed E-state index contributed by atoms with van der Waals surface area (Å²) in [5.74, 6) is 0. The normalized spacial score (nSPS) is 25.7. The fourth-order valence-electron chi connectivity index (χ4n) is 1.94. The molecule has 0 radical (unpaired) electrons. The first-order chi connectivity index (χ1) is 8.00. The minimum atomic E-state index is -0.616. The molecule has 5 heteroatoms. The summed E-state index contributed by atoms with van der Waals surface area (Å²) in [4.78, 5) is 13.6. The molecule has 0 aromatic heterocycles. The van der Waals surface area contributed by atoms with E-state index in [4.69, 9.17) is 9.47 Å². The predicted octanol–water partition coefficient (Wildman–Crippen LogP) is 1.78. The second-order valence-corrected chi connectivity index (χ2v) is 6.52. The lowest BCUT2D eigenvalue weighted by Crippen LogP contribution is -2.57. The maximum Gasteiger partial charge on any atom is 0.410 e. The van der Waals surface area contributed by atoms with Gasteiger partial charge < -0.3 is 19.5 Å². The quantitative estimate of drug-likeness (QED) is 0.780. The van der Waals surface area contributed by atoms with E-state index in [2.05, 4.69) is 0 Å². The fourth-order valence-corrected chi connectivity index (χ4v) is 1.94. The van der Waals surface area contributed by atoms with Gasteiger partial charge in [0.2, 0.25) is 0 Å². The number of nitrogens with zero attached hydrogens (tertiary/aromatic N) is 1. The molecule has 1 rings (SSSR count). The average molecular weight is 259 g/mol. The number of amides is 1. The Morgan fingerprint density at radius 1 is 1.50 bits per heavy atom. The highest BCUT2D eigenvalue weighted by Gasteiger charge is 2.38. The van der Waals surface area contributed by atoms with Gasteiger partial charge >= 0.3 is 6.09 Å². The smallest absolute Gasteiger partial charge is 0.410 e. The Kier molecular flexibility index (Phi) is 4.28. The topological polar surface area (TPSA) is 59.0 Å². The molecule has 0 aromatic carbocycles. The van der Waals surface area contributed by atoms with Gasteiger partial charge in [-0.1, -0.05) is 0 Å². The first kappa shape index (κ1) is 15.2. The van der Waals surface area contributed by atoms with Gasteiger partial charge in [0.05, 0.1) is 24.8 Å². The molecule has 106 valence electrons. The van der Waals surface area contributed by atoms with Gasteiger partial charge in [-0.3, -0.25) is 0 Å². The molecule has 1 saturated heterocycles. The van der Waals surface area contributed by atoms with Crippen LogP contribution >= 0.6 is 0 Å². The van der Waals surface area contributed by atoms with Crippen LogP contribution in [0.25, 0.3) is 0 Å². The van der Waals surface area contributed by atoms with E-state index >= 15 is 0 Å². The molecule has 0 spiro atoms. The van der Waals surface area contributed by atoms with Crippen molar-refractivity contribution in [2.45, 2.75) is 65.0 Å². The monoisotopic (exact) mass is 259 g/mol. The third-order valence-electron chi connectivity index (χ3n) is 2.63. The van der Waals surface area contributed by atoms with E-state index in [1.807, 2.05) is 34.6 Å².